The molecule has 0 spiro atoms. The van der Waals surface area contributed by atoms with Gasteiger partial charge in [-0.05, 0) is 36.8 Å². The van der Waals surface area contributed by atoms with E-state index < -0.39 is 0 Å². The SMILES string of the molecule is CCCSCc1ccc(S/N=C(N)\C=C(\C)O)cc1. The second-order valence-electron chi connectivity index (χ2n) is 4.09. The maximum atomic E-state index is 9.05. The van der Waals surface area contributed by atoms with Gasteiger partial charge in [0.25, 0.3) is 0 Å². The molecule has 0 aliphatic rings. The molecular weight excluding hydrogens is 276 g/mol. The molecular formula is C14H20N2OS2. The highest BCUT2D eigenvalue weighted by molar-refractivity contribution is 7.98. The first kappa shape index (κ1) is 16.0. The van der Waals surface area contributed by atoms with Crippen LogP contribution in [0.25, 0.3) is 0 Å². The zero-order valence-electron chi connectivity index (χ0n) is 11.3. The minimum Gasteiger partial charge on any atom is -0.512 e. The van der Waals surface area contributed by atoms with Crippen molar-refractivity contribution in [2.24, 2.45) is 10.1 Å². The van der Waals surface area contributed by atoms with Gasteiger partial charge < -0.3 is 10.8 Å². The molecule has 0 amide bonds. The molecule has 0 unspecified atom stereocenters. The van der Waals surface area contributed by atoms with Gasteiger partial charge in [-0.25, -0.2) is 0 Å². The van der Waals surface area contributed by atoms with Gasteiger partial charge in [-0.1, -0.05) is 19.1 Å². The molecule has 0 saturated heterocycles. The van der Waals surface area contributed by atoms with Gasteiger partial charge in [0.1, 0.15) is 5.84 Å². The van der Waals surface area contributed by atoms with E-state index in [2.05, 4.69) is 23.5 Å². The fourth-order valence-corrected chi connectivity index (χ4v) is 2.71. The van der Waals surface area contributed by atoms with Crippen molar-refractivity contribution in [3.8, 4) is 0 Å². The van der Waals surface area contributed by atoms with Crippen molar-refractivity contribution in [3.63, 3.8) is 0 Å². The first-order valence-electron chi connectivity index (χ1n) is 6.16. The number of hydrogen-bond acceptors (Lipinski definition) is 4. The highest BCUT2D eigenvalue weighted by Gasteiger charge is 1.96. The Morgan fingerprint density at radius 1 is 1.37 bits per heavy atom. The number of rotatable bonds is 7. The Morgan fingerprint density at radius 2 is 2.05 bits per heavy atom. The van der Waals surface area contributed by atoms with Crippen LogP contribution in [0.3, 0.4) is 0 Å². The number of aliphatic hydroxyl groups excluding tert-OH is 1. The molecule has 0 aromatic heterocycles. The molecule has 1 aromatic rings. The summed E-state index contributed by atoms with van der Waals surface area (Å²) >= 11 is 3.26. The lowest BCUT2D eigenvalue weighted by molar-refractivity contribution is 0.415. The summed E-state index contributed by atoms with van der Waals surface area (Å²) in [6.45, 7) is 3.76. The lowest BCUT2D eigenvalue weighted by Gasteiger charge is -2.02. The topological polar surface area (TPSA) is 58.6 Å². The zero-order chi connectivity index (χ0) is 14.1. The zero-order valence-corrected chi connectivity index (χ0v) is 12.9. The molecule has 0 saturated carbocycles. The van der Waals surface area contributed by atoms with Crippen LogP contribution in [0.15, 0.2) is 45.4 Å². The summed E-state index contributed by atoms with van der Waals surface area (Å²) in [6.07, 6.45) is 2.65. The fourth-order valence-electron chi connectivity index (χ4n) is 1.33. The van der Waals surface area contributed by atoms with Crippen molar-refractivity contribution in [1.82, 2.24) is 0 Å². The number of nitrogens with zero attached hydrogens (tertiary/aromatic N) is 1. The van der Waals surface area contributed by atoms with E-state index in [-0.39, 0.29) is 5.76 Å². The second-order valence-corrected chi connectivity index (χ2v) is 6.03. The Bertz CT molecular complexity index is 437. The minimum absolute atomic E-state index is 0.158. The number of nitrogens with two attached hydrogens (primary N) is 1. The number of allylic oxidation sites excluding steroid dienone is 1. The first-order valence-corrected chi connectivity index (χ1v) is 8.09. The molecule has 0 heterocycles. The lowest BCUT2D eigenvalue weighted by atomic mass is 10.2. The molecule has 0 radical (unpaired) electrons. The van der Waals surface area contributed by atoms with Crippen LogP contribution in [0.4, 0.5) is 0 Å². The van der Waals surface area contributed by atoms with Crippen LogP contribution in [0.1, 0.15) is 25.8 Å². The number of benzene rings is 1. The largest absolute Gasteiger partial charge is 0.512 e. The summed E-state index contributed by atoms with van der Waals surface area (Å²) in [6, 6.07) is 8.31. The second kappa shape index (κ2) is 8.93. The number of hydrogen-bond donors (Lipinski definition) is 2. The third-order valence-corrected chi connectivity index (χ3v) is 4.17. The third-order valence-electron chi connectivity index (χ3n) is 2.15. The predicted octanol–water partition coefficient (Wildman–Crippen LogP) is 4.16. The van der Waals surface area contributed by atoms with E-state index in [1.165, 1.54) is 35.8 Å². The Kier molecular flexibility index (Phi) is 7.52. The average molecular weight is 296 g/mol. The fraction of sp³-hybridized carbons (Fsp3) is 0.357. The highest BCUT2D eigenvalue weighted by Crippen LogP contribution is 2.21. The van der Waals surface area contributed by atoms with Gasteiger partial charge in [-0.2, -0.15) is 16.2 Å². The van der Waals surface area contributed by atoms with Gasteiger partial charge in [-0.3, -0.25) is 0 Å². The minimum atomic E-state index is 0.158. The molecule has 0 atom stereocenters. The summed E-state index contributed by atoms with van der Waals surface area (Å²) in [7, 11) is 0. The van der Waals surface area contributed by atoms with Crippen molar-refractivity contribution in [2.45, 2.75) is 30.9 Å². The average Bonchev–Trinajstić information content (AvgIpc) is 2.37. The van der Waals surface area contributed by atoms with E-state index in [1.54, 1.807) is 6.92 Å². The molecule has 1 aromatic carbocycles. The maximum Gasteiger partial charge on any atom is 0.135 e. The Morgan fingerprint density at radius 3 is 2.63 bits per heavy atom. The Balaban J connectivity index is 2.50. The van der Waals surface area contributed by atoms with Gasteiger partial charge >= 0.3 is 0 Å². The standard InChI is InChI=1S/C14H20N2OS2/c1-3-8-18-10-12-4-6-13(7-5-12)19-16-14(15)9-11(2)17/h4-7,9,17H,3,8,10H2,1-2H3,(H2,15,16)/b11-9-. The first-order chi connectivity index (χ1) is 9.11. The molecule has 0 aliphatic heterocycles. The number of aliphatic hydroxyl groups is 1. The van der Waals surface area contributed by atoms with E-state index in [0.29, 0.717) is 5.84 Å². The monoisotopic (exact) mass is 296 g/mol. The summed E-state index contributed by atoms with van der Waals surface area (Å²) in [5, 5.41) is 9.05. The molecule has 19 heavy (non-hydrogen) atoms. The van der Waals surface area contributed by atoms with Crippen molar-refractivity contribution < 1.29 is 5.11 Å². The molecule has 3 N–H and O–H groups in total. The van der Waals surface area contributed by atoms with E-state index in [0.717, 1.165) is 10.6 Å². The highest BCUT2D eigenvalue weighted by atomic mass is 32.2. The molecule has 1 rings (SSSR count). The smallest absolute Gasteiger partial charge is 0.135 e. The molecule has 5 heteroatoms. The summed E-state index contributed by atoms with van der Waals surface area (Å²) in [5.41, 5.74) is 6.95. The maximum absolute atomic E-state index is 9.05. The van der Waals surface area contributed by atoms with Gasteiger partial charge in [0, 0.05) is 28.7 Å². The van der Waals surface area contributed by atoms with E-state index in [4.69, 9.17) is 10.8 Å². The lowest BCUT2D eigenvalue weighted by Crippen LogP contribution is -2.07. The van der Waals surface area contributed by atoms with Crippen LogP contribution >= 0.6 is 23.7 Å². The molecule has 3 nitrogen and oxygen atoms in total. The predicted molar refractivity (Wildman–Crippen MR) is 86.8 cm³/mol. The van der Waals surface area contributed by atoms with Crippen molar-refractivity contribution in [1.29, 1.82) is 0 Å². The summed E-state index contributed by atoms with van der Waals surface area (Å²) in [5.74, 6) is 2.72. The number of amidine groups is 1. The molecule has 0 aliphatic carbocycles. The normalized spacial score (nSPS) is 12.7. The van der Waals surface area contributed by atoms with Crippen LogP contribution in [0.2, 0.25) is 0 Å². The third kappa shape index (κ3) is 7.18. The van der Waals surface area contributed by atoms with Gasteiger partial charge in [0.05, 0.1) is 5.76 Å². The molecule has 104 valence electrons. The van der Waals surface area contributed by atoms with Crippen LogP contribution in [-0.2, 0) is 5.75 Å². The van der Waals surface area contributed by atoms with E-state index in [1.807, 2.05) is 23.9 Å². The quantitative estimate of drug-likeness (QED) is 0.261. The Hall–Kier alpha value is -1.07. The van der Waals surface area contributed by atoms with Gasteiger partial charge in [0.2, 0.25) is 0 Å². The number of thioether (sulfide) groups is 1. The molecule has 0 bridgehead atoms. The molecule has 0 fully saturated rings. The summed E-state index contributed by atoms with van der Waals surface area (Å²) < 4.78 is 4.11. The van der Waals surface area contributed by atoms with Crippen molar-refractivity contribution in [3.05, 3.63) is 41.7 Å². The van der Waals surface area contributed by atoms with Crippen LogP contribution in [0.5, 0.6) is 0 Å². The van der Waals surface area contributed by atoms with E-state index >= 15 is 0 Å². The van der Waals surface area contributed by atoms with Crippen molar-refractivity contribution in [2.75, 3.05) is 5.75 Å². The van der Waals surface area contributed by atoms with Gasteiger partial charge in [0.15, 0.2) is 0 Å². The van der Waals surface area contributed by atoms with Crippen LogP contribution in [-0.4, -0.2) is 16.7 Å². The van der Waals surface area contributed by atoms with E-state index in [9.17, 15) is 0 Å². The summed E-state index contributed by atoms with van der Waals surface area (Å²) in [4.78, 5) is 1.04. The van der Waals surface area contributed by atoms with Crippen LogP contribution < -0.4 is 5.73 Å². The Labute approximate surface area is 123 Å². The van der Waals surface area contributed by atoms with Crippen LogP contribution in [0, 0.1) is 0 Å². The van der Waals surface area contributed by atoms with Gasteiger partial charge in [-0.15, -0.1) is 0 Å². The van der Waals surface area contributed by atoms with Crippen molar-refractivity contribution >= 4 is 29.5 Å².